The van der Waals surface area contributed by atoms with Crippen LogP contribution in [0.25, 0.3) is 0 Å². The number of benzene rings is 2. The van der Waals surface area contributed by atoms with Crippen molar-refractivity contribution >= 4 is 5.97 Å². The van der Waals surface area contributed by atoms with Gasteiger partial charge in [-0.05, 0) is 25.3 Å². The predicted molar refractivity (Wildman–Crippen MR) is 125 cm³/mol. The summed E-state index contributed by atoms with van der Waals surface area (Å²) in [6, 6.07) is 19.2. The van der Waals surface area contributed by atoms with Gasteiger partial charge in [0.2, 0.25) is 5.92 Å². The summed E-state index contributed by atoms with van der Waals surface area (Å²) < 4.78 is 35.2. The Kier molecular flexibility index (Phi) is 5.80. The van der Waals surface area contributed by atoms with Crippen molar-refractivity contribution in [3.8, 4) is 0 Å². The Balaban J connectivity index is 1.41. The van der Waals surface area contributed by atoms with Gasteiger partial charge in [0.25, 0.3) is 0 Å². The maximum atomic E-state index is 14.1. The molecular weight excluding hydrogens is 436 g/mol. The first kappa shape index (κ1) is 23.4. The van der Waals surface area contributed by atoms with Crippen LogP contribution >= 0.6 is 0 Å². The second kappa shape index (κ2) is 8.42. The number of piperidine rings is 1. The first-order chi connectivity index (χ1) is 16.1. The van der Waals surface area contributed by atoms with E-state index >= 15 is 0 Å². The number of rotatable bonds is 6. The summed E-state index contributed by atoms with van der Waals surface area (Å²) in [5, 5.41) is 11.7. The number of aliphatic hydroxyl groups is 1. The minimum Gasteiger partial charge on any atom is -0.453 e. The topological polar surface area (TPSA) is 46.5 Å². The third kappa shape index (κ3) is 3.75. The Morgan fingerprint density at radius 1 is 1.09 bits per heavy atom. The molecule has 34 heavy (non-hydrogen) atoms. The third-order valence-corrected chi connectivity index (χ3v) is 8.99. The highest BCUT2D eigenvalue weighted by Crippen LogP contribution is 2.51. The Morgan fingerprint density at radius 2 is 1.74 bits per heavy atom. The van der Waals surface area contributed by atoms with E-state index < -0.39 is 29.8 Å². The van der Waals surface area contributed by atoms with E-state index in [1.807, 2.05) is 18.2 Å². The lowest BCUT2D eigenvalue weighted by molar-refractivity contribution is -0.954. The zero-order valence-electron chi connectivity index (χ0n) is 19.9. The van der Waals surface area contributed by atoms with Gasteiger partial charge >= 0.3 is 5.97 Å². The molecule has 2 aromatic carbocycles. The number of carbonyl (C=O) groups is 1. The number of hydrogen-bond donors (Lipinski definition) is 1. The van der Waals surface area contributed by atoms with Gasteiger partial charge in [0.1, 0.15) is 12.1 Å². The lowest BCUT2D eigenvalue weighted by Crippen LogP contribution is -2.53. The number of likely N-dealkylation sites (N-methyl/N-ethyl adjacent to an activating group) is 1. The molecule has 0 spiro atoms. The highest BCUT2D eigenvalue weighted by Gasteiger charge is 2.62. The molecule has 2 aliphatic carbocycles. The van der Waals surface area contributed by atoms with Crippen molar-refractivity contribution in [2.24, 2.45) is 11.8 Å². The molecule has 5 rings (SSSR count). The fourth-order valence-electron chi connectivity index (χ4n) is 6.92. The molecule has 7 atom stereocenters. The van der Waals surface area contributed by atoms with E-state index in [1.54, 1.807) is 30.3 Å². The fourth-order valence-corrected chi connectivity index (χ4v) is 6.92. The maximum absolute atomic E-state index is 14.1. The van der Waals surface area contributed by atoms with Crippen LogP contribution in [-0.4, -0.2) is 47.2 Å². The van der Waals surface area contributed by atoms with Crippen LogP contribution in [0.15, 0.2) is 60.7 Å². The molecule has 1 heterocycles. The summed E-state index contributed by atoms with van der Waals surface area (Å²) in [5.74, 6) is -4.32. The van der Waals surface area contributed by atoms with Crippen LogP contribution in [0.1, 0.15) is 56.2 Å². The molecular formula is C28H34F2NO3+. The standard InChI is InChI=1S/C28H34F2NO3/c1-19(20-9-5-3-6-10-20)31(2)18-21-13-14-24(31)25(21)34-26(32)28(33,22-11-7-4-8-12-22)23-15-16-27(29,30)17-23/h3-12,19,21,23-25,33H,13-18H2,1-2H3/q+1/t19-,21?,23?,24+,25?,28?,31?/m0/s1. The van der Waals surface area contributed by atoms with Crippen LogP contribution in [0.3, 0.4) is 0 Å². The van der Waals surface area contributed by atoms with Crippen molar-refractivity contribution in [3.05, 3.63) is 71.8 Å². The molecule has 2 aromatic rings. The van der Waals surface area contributed by atoms with Gasteiger partial charge < -0.3 is 14.3 Å². The van der Waals surface area contributed by atoms with E-state index in [9.17, 15) is 18.7 Å². The number of carbonyl (C=O) groups excluding carboxylic acids is 1. The van der Waals surface area contributed by atoms with Gasteiger partial charge in [-0.3, -0.25) is 0 Å². The van der Waals surface area contributed by atoms with Crippen LogP contribution in [0.5, 0.6) is 0 Å². The van der Waals surface area contributed by atoms with E-state index in [4.69, 9.17) is 4.74 Å². The number of ether oxygens (including phenoxy) is 1. The Labute approximate surface area is 200 Å². The quantitative estimate of drug-likeness (QED) is 0.465. The number of likely N-dealkylation sites (tertiary alicyclic amines) is 1. The summed E-state index contributed by atoms with van der Waals surface area (Å²) in [6.07, 6.45) is 0.859. The van der Waals surface area contributed by atoms with Crippen LogP contribution in [0.4, 0.5) is 8.78 Å². The minimum absolute atomic E-state index is 0.0871. The lowest BCUT2D eigenvalue weighted by atomic mass is 9.80. The monoisotopic (exact) mass is 470 g/mol. The fraction of sp³-hybridized carbons (Fsp3) is 0.536. The minimum atomic E-state index is -2.87. The van der Waals surface area contributed by atoms with Gasteiger partial charge in [0.15, 0.2) is 11.7 Å². The highest BCUT2D eigenvalue weighted by molar-refractivity contribution is 5.82. The number of halogens is 2. The van der Waals surface area contributed by atoms with E-state index in [2.05, 4.69) is 26.1 Å². The van der Waals surface area contributed by atoms with Crippen LogP contribution < -0.4 is 0 Å². The third-order valence-electron chi connectivity index (χ3n) is 8.99. The smallest absolute Gasteiger partial charge is 0.343 e. The van der Waals surface area contributed by atoms with Crippen molar-refractivity contribution in [2.75, 3.05) is 13.6 Å². The normalized spacial score (nSPS) is 34.5. The molecule has 0 aromatic heterocycles. The Bertz CT molecular complexity index is 1030. The van der Waals surface area contributed by atoms with E-state index in [-0.39, 0.29) is 36.9 Å². The van der Waals surface area contributed by atoms with Gasteiger partial charge in [-0.15, -0.1) is 0 Å². The Hall–Kier alpha value is -2.31. The summed E-state index contributed by atoms with van der Waals surface area (Å²) in [4.78, 5) is 13.7. The van der Waals surface area contributed by atoms with Gasteiger partial charge in [-0.25, -0.2) is 13.6 Å². The first-order valence-corrected chi connectivity index (χ1v) is 12.4. The average molecular weight is 471 g/mol. The number of nitrogens with zero attached hydrogens (tertiary/aromatic N) is 1. The molecule has 1 N–H and O–H groups in total. The maximum Gasteiger partial charge on any atom is 0.343 e. The molecule has 0 amide bonds. The summed E-state index contributed by atoms with van der Waals surface area (Å²) in [7, 11) is 2.23. The summed E-state index contributed by atoms with van der Waals surface area (Å²) in [6.45, 7) is 3.11. The number of alkyl halides is 2. The van der Waals surface area contributed by atoms with Crippen LogP contribution in [0, 0.1) is 11.8 Å². The van der Waals surface area contributed by atoms with Gasteiger partial charge in [0.05, 0.1) is 19.5 Å². The molecule has 182 valence electrons. The lowest BCUT2D eigenvalue weighted by Gasteiger charge is -2.43. The molecule has 5 unspecified atom stereocenters. The van der Waals surface area contributed by atoms with Gasteiger partial charge in [0, 0.05) is 30.7 Å². The number of quaternary nitrogens is 1. The second-order valence-electron chi connectivity index (χ2n) is 10.8. The zero-order chi connectivity index (χ0) is 24.1. The average Bonchev–Trinajstić information content (AvgIpc) is 3.49. The molecule has 1 aliphatic heterocycles. The molecule has 4 nitrogen and oxygen atoms in total. The molecule has 6 heteroatoms. The summed E-state index contributed by atoms with van der Waals surface area (Å²) >= 11 is 0. The molecule has 3 aliphatic rings. The predicted octanol–water partition coefficient (Wildman–Crippen LogP) is 5.22. The Morgan fingerprint density at radius 3 is 2.35 bits per heavy atom. The molecule has 3 fully saturated rings. The van der Waals surface area contributed by atoms with Gasteiger partial charge in [-0.2, -0.15) is 0 Å². The van der Waals surface area contributed by atoms with Crippen LogP contribution in [0.2, 0.25) is 0 Å². The largest absolute Gasteiger partial charge is 0.453 e. The van der Waals surface area contributed by atoms with Crippen LogP contribution in [-0.2, 0) is 15.1 Å². The highest BCUT2D eigenvalue weighted by atomic mass is 19.3. The second-order valence-corrected chi connectivity index (χ2v) is 10.8. The number of hydrogen-bond acceptors (Lipinski definition) is 3. The molecule has 1 saturated heterocycles. The number of esters is 1. The SMILES string of the molecule is C[C@@H](c1ccccc1)[N+]1(C)CC2CC[C@@H]1C2OC(=O)C(O)(c1ccccc1)C1CCC(F)(F)C1. The molecule has 2 saturated carbocycles. The van der Waals surface area contributed by atoms with Crippen molar-refractivity contribution in [1.82, 2.24) is 0 Å². The van der Waals surface area contributed by atoms with E-state index in [0.717, 1.165) is 23.9 Å². The zero-order valence-corrected chi connectivity index (χ0v) is 19.9. The van der Waals surface area contributed by atoms with Crippen molar-refractivity contribution in [3.63, 3.8) is 0 Å². The first-order valence-electron chi connectivity index (χ1n) is 12.4. The van der Waals surface area contributed by atoms with Crippen molar-refractivity contribution in [2.45, 2.75) is 68.7 Å². The van der Waals surface area contributed by atoms with Gasteiger partial charge in [-0.1, -0.05) is 60.7 Å². The van der Waals surface area contributed by atoms with E-state index in [0.29, 0.717) is 5.56 Å². The van der Waals surface area contributed by atoms with Crippen molar-refractivity contribution in [1.29, 1.82) is 0 Å². The molecule has 2 bridgehead atoms. The summed E-state index contributed by atoms with van der Waals surface area (Å²) in [5.41, 5.74) is -0.489. The molecule has 0 radical (unpaired) electrons. The van der Waals surface area contributed by atoms with Crippen molar-refractivity contribution < 1.29 is 27.9 Å². The number of fused-ring (bicyclic) bond motifs is 2. The van der Waals surface area contributed by atoms with E-state index in [1.165, 1.54) is 5.56 Å².